The molecule has 0 spiro atoms. The van der Waals surface area contributed by atoms with E-state index in [1.165, 1.54) is 51.4 Å². The summed E-state index contributed by atoms with van der Waals surface area (Å²) < 4.78 is 49.2. The van der Waals surface area contributed by atoms with E-state index < -0.39 is 89.6 Å². The van der Waals surface area contributed by atoms with Crippen molar-refractivity contribution in [1.29, 1.82) is 0 Å². The van der Waals surface area contributed by atoms with E-state index in [4.69, 9.17) is 28.3 Å². The van der Waals surface area contributed by atoms with Crippen LogP contribution < -0.4 is 0 Å². The second-order valence-electron chi connectivity index (χ2n) is 15.9. The quantitative estimate of drug-likeness (QED) is 0.0100. The molecule has 0 saturated heterocycles. The number of phosphoric ester groups is 2. The van der Waals surface area contributed by atoms with Crippen LogP contribution in [-0.2, 0) is 41.8 Å². The van der Waals surface area contributed by atoms with Gasteiger partial charge in [-0.15, -0.1) is 0 Å². The van der Waals surface area contributed by atoms with E-state index in [1.807, 2.05) is 12.2 Å². The van der Waals surface area contributed by atoms with Crippen LogP contribution in [0.25, 0.3) is 0 Å². The van der Waals surface area contributed by atoms with E-state index in [2.05, 4.69) is 48.8 Å². The average molecular weight is 953 g/mol. The van der Waals surface area contributed by atoms with E-state index in [1.54, 1.807) is 18.2 Å². The van der Waals surface area contributed by atoms with Gasteiger partial charge in [0.2, 0.25) is 0 Å². The monoisotopic (exact) mass is 952 g/mol. The number of ether oxygens (including phenoxy) is 2. The van der Waals surface area contributed by atoms with E-state index in [0.717, 1.165) is 51.4 Å². The maximum Gasteiger partial charge on any atom is 0.472 e. The number of aliphatic hydroxyl groups excluding tert-OH is 5. The SMILES string of the molecule is CC/C=C\C/C=C\C/C=C\C/C=C\C=C\C(O)CCCC(=O)O[C@H](COC(=O)CCCCCCCCCCCCCCC)COP(=O)(O)O[C@H]1C(O)C(O)C(O)[C@@H](OP(=O)(O)O)C1O. The Labute approximate surface area is 380 Å². The Kier molecular flexibility index (Phi) is 33.4. The second kappa shape index (κ2) is 35.8. The highest BCUT2D eigenvalue weighted by Crippen LogP contribution is 2.49. The number of esters is 2. The van der Waals surface area contributed by atoms with Crippen LogP contribution in [0.2, 0.25) is 0 Å². The predicted octanol–water partition coefficient (Wildman–Crippen LogP) is 7.25. The minimum absolute atomic E-state index is 0.0801. The van der Waals surface area contributed by atoms with Crippen molar-refractivity contribution < 1.29 is 82.0 Å². The van der Waals surface area contributed by atoms with Gasteiger partial charge in [0, 0.05) is 12.8 Å². The van der Waals surface area contributed by atoms with Gasteiger partial charge in [-0.25, -0.2) is 9.13 Å². The lowest BCUT2D eigenvalue weighted by molar-refractivity contribution is -0.216. The lowest BCUT2D eigenvalue weighted by atomic mass is 9.85. The van der Waals surface area contributed by atoms with Crippen LogP contribution in [0.15, 0.2) is 60.8 Å². The van der Waals surface area contributed by atoms with Crippen molar-refractivity contribution in [1.82, 2.24) is 0 Å². The van der Waals surface area contributed by atoms with Gasteiger partial charge >= 0.3 is 27.6 Å². The fourth-order valence-electron chi connectivity index (χ4n) is 6.64. The van der Waals surface area contributed by atoms with Crippen LogP contribution in [0, 0.1) is 0 Å². The van der Waals surface area contributed by atoms with E-state index in [9.17, 15) is 49.1 Å². The third kappa shape index (κ3) is 30.0. The van der Waals surface area contributed by atoms with Gasteiger partial charge in [0.05, 0.1) is 12.7 Å². The molecule has 1 rings (SSSR count). The van der Waals surface area contributed by atoms with Crippen molar-refractivity contribution in [3.05, 3.63) is 60.8 Å². The standard InChI is InChI=1S/C45H78O17P2/c1-3-5-7-9-11-13-15-17-19-21-23-25-27-30-36(46)31-29-33-39(48)60-37(34-58-38(47)32-28-26-24-22-20-18-16-14-12-10-8-6-4-2)35-59-64(56,57)62-45-42(51)40(49)41(50)44(43(45)52)61-63(53,54)55/h5,7,11,13,17,19,23,25,27,30,36-37,40-46,49-52H,3-4,6,8-10,12,14-16,18,20-22,24,26,28-29,31-35H2,1-2H3,(H,56,57)(H2,53,54,55)/b7-5-,13-11-,19-17-,25-23-,30-27+/t36?,37-,40?,41?,42?,43?,44-,45+/m1/s1. The highest BCUT2D eigenvalue weighted by molar-refractivity contribution is 7.47. The van der Waals surface area contributed by atoms with Crippen molar-refractivity contribution in [2.24, 2.45) is 0 Å². The third-order valence-corrected chi connectivity index (χ3v) is 11.7. The molecule has 1 aliphatic carbocycles. The Morgan fingerprint density at radius 3 is 1.62 bits per heavy atom. The molecule has 19 heteroatoms. The molecule has 1 saturated carbocycles. The highest BCUT2D eigenvalue weighted by Gasteiger charge is 2.54. The maximum absolute atomic E-state index is 13.0. The molecule has 1 aliphatic rings. The summed E-state index contributed by atoms with van der Waals surface area (Å²) >= 11 is 0. The van der Waals surface area contributed by atoms with Crippen LogP contribution in [0.1, 0.15) is 149 Å². The molecule has 0 aromatic rings. The molecular weight excluding hydrogens is 874 g/mol. The first-order chi connectivity index (χ1) is 30.5. The van der Waals surface area contributed by atoms with Crippen LogP contribution in [0.5, 0.6) is 0 Å². The summed E-state index contributed by atoms with van der Waals surface area (Å²) in [6.07, 6.45) is 22.1. The third-order valence-electron chi connectivity index (χ3n) is 10.2. The van der Waals surface area contributed by atoms with Crippen LogP contribution in [0.4, 0.5) is 0 Å². The summed E-state index contributed by atoms with van der Waals surface area (Å²) in [7, 11) is -10.7. The lowest BCUT2D eigenvalue weighted by Crippen LogP contribution is -2.64. The molecule has 0 aromatic heterocycles. The Morgan fingerprint density at radius 2 is 1.08 bits per heavy atom. The van der Waals surface area contributed by atoms with E-state index >= 15 is 0 Å². The zero-order chi connectivity index (χ0) is 47.6. The molecule has 0 bridgehead atoms. The Morgan fingerprint density at radius 1 is 0.578 bits per heavy atom. The molecule has 0 amide bonds. The number of hydrogen-bond acceptors (Lipinski definition) is 14. The number of rotatable bonds is 37. The van der Waals surface area contributed by atoms with Gasteiger partial charge in [0.1, 0.15) is 43.2 Å². The molecule has 370 valence electrons. The van der Waals surface area contributed by atoms with Crippen molar-refractivity contribution >= 4 is 27.6 Å². The summed E-state index contributed by atoms with van der Waals surface area (Å²) in [5.41, 5.74) is 0. The molecule has 1 fully saturated rings. The Balaban J connectivity index is 2.71. The number of hydrogen-bond donors (Lipinski definition) is 8. The molecule has 8 N–H and O–H groups in total. The van der Waals surface area contributed by atoms with Gasteiger partial charge in [-0.05, 0) is 44.9 Å². The largest absolute Gasteiger partial charge is 0.472 e. The molecule has 17 nitrogen and oxygen atoms in total. The van der Waals surface area contributed by atoms with E-state index in [-0.39, 0.29) is 25.7 Å². The summed E-state index contributed by atoms with van der Waals surface area (Å²) in [6, 6.07) is 0. The van der Waals surface area contributed by atoms with Crippen LogP contribution in [0.3, 0.4) is 0 Å². The molecule has 0 aliphatic heterocycles. The number of unbranched alkanes of at least 4 members (excludes halogenated alkanes) is 12. The first-order valence-electron chi connectivity index (χ1n) is 22.9. The van der Waals surface area contributed by atoms with Crippen LogP contribution in [-0.4, -0.2) is 114 Å². The number of aliphatic hydroxyl groups is 5. The minimum Gasteiger partial charge on any atom is -0.462 e. The maximum atomic E-state index is 13.0. The van der Waals surface area contributed by atoms with E-state index in [0.29, 0.717) is 6.42 Å². The van der Waals surface area contributed by atoms with Crippen molar-refractivity contribution in [3.8, 4) is 0 Å². The van der Waals surface area contributed by atoms with Gasteiger partial charge in [-0.1, -0.05) is 152 Å². The van der Waals surface area contributed by atoms with Crippen molar-refractivity contribution in [2.75, 3.05) is 13.2 Å². The second-order valence-corrected chi connectivity index (χ2v) is 18.5. The number of phosphoric acid groups is 2. The zero-order valence-electron chi connectivity index (χ0n) is 37.8. The summed E-state index contributed by atoms with van der Waals surface area (Å²) in [4.78, 5) is 54.2. The molecule has 0 heterocycles. The van der Waals surface area contributed by atoms with Crippen molar-refractivity contribution in [3.63, 3.8) is 0 Å². The van der Waals surface area contributed by atoms with Crippen LogP contribution >= 0.6 is 15.6 Å². The molecule has 64 heavy (non-hydrogen) atoms. The smallest absolute Gasteiger partial charge is 0.462 e. The van der Waals surface area contributed by atoms with Gasteiger partial charge in [0.25, 0.3) is 0 Å². The fourth-order valence-corrected chi connectivity index (χ4v) is 8.18. The van der Waals surface area contributed by atoms with Gasteiger partial charge in [-0.3, -0.25) is 23.2 Å². The average Bonchev–Trinajstić information content (AvgIpc) is 3.24. The van der Waals surface area contributed by atoms with Gasteiger partial charge in [0.15, 0.2) is 6.10 Å². The topological polar surface area (TPSA) is 276 Å². The Bertz CT molecular complexity index is 1490. The number of carbonyl (C=O) groups excluding carboxylic acids is 2. The first-order valence-corrected chi connectivity index (χ1v) is 26.0. The fraction of sp³-hybridized carbons (Fsp3) is 0.733. The van der Waals surface area contributed by atoms with Gasteiger partial charge in [-0.2, -0.15) is 0 Å². The molecular formula is C45H78O17P2. The molecule has 0 aromatic carbocycles. The summed E-state index contributed by atoms with van der Waals surface area (Å²) in [6.45, 7) is 2.81. The Hall–Kier alpha value is -2.34. The normalized spacial score (nSPS) is 22.8. The summed E-state index contributed by atoms with van der Waals surface area (Å²) in [5.74, 6) is -1.41. The highest BCUT2D eigenvalue weighted by atomic mass is 31.2. The zero-order valence-corrected chi connectivity index (χ0v) is 39.6. The lowest BCUT2D eigenvalue weighted by Gasteiger charge is -2.43. The van der Waals surface area contributed by atoms with Crippen molar-refractivity contribution in [2.45, 2.75) is 198 Å². The van der Waals surface area contributed by atoms with Gasteiger partial charge < -0.3 is 49.7 Å². The molecule has 6 unspecified atom stereocenters. The summed E-state index contributed by atoms with van der Waals surface area (Å²) in [5, 5.41) is 51.5. The first kappa shape index (κ1) is 59.7. The predicted molar refractivity (Wildman–Crippen MR) is 242 cm³/mol. The minimum atomic E-state index is -5.39. The number of carbonyl (C=O) groups is 2. The molecule has 0 radical (unpaired) electrons. The number of allylic oxidation sites excluding steroid dienone is 9. The molecule has 9 atom stereocenters.